The number of hydrogen-bond acceptors (Lipinski definition) is 5. The third-order valence-corrected chi connectivity index (χ3v) is 3.77. The molecule has 24 heavy (non-hydrogen) atoms. The van der Waals surface area contributed by atoms with Crippen LogP contribution in [0.4, 0.5) is 4.79 Å². The molecule has 1 amide bonds. The summed E-state index contributed by atoms with van der Waals surface area (Å²) >= 11 is 0. The summed E-state index contributed by atoms with van der Waals surface area (Å²) in [5, 5.41) is 1.62. The van der Waals surface area contributed by atoms with Crippen molar-refractivity contribution in [2.24, 2.45) is 0 Å². The molecule has 0 N–H and O–H groups in total. The first kappa shape index (κ1) is 18.3. The number of carbonyl (C=O) groups is 2. The quantitative estimate of drug-likeness (QED) is 0.832. The summed E-state index contributed by atoms with van der Waals surface area (Å²) in [4.78, 5) is 31.6. The fourth-order valence-electron chi connectivity index (χ4n) is 2.47. The Labute approximate surface area is 143 Å². The number of rotatable bonds is 2. The molecule has 2 rings (SSSR count). The lowest BCUT2D eigenvalue weighted by molar-refractivity contribution is -0.106. The van der Waals surface area contributed by atoms with Gasteiger partial charge in [-0.2, -0.15) is 0 Å². The van der Waals surface area contributed by atoms with Gasteiger partial charge in [0.25, 0.3) is 0 Å². The molecule has 1 saturated heterocycles. The van der Waals surface area contributed by atoms with Crippen LogP contribution in [0.1, 0.15) is 44.5 Å². The molecule has 0 bridgehead atoms. The lowest BCUT2D eigenvalue weighted by Crippen LogP contribution is -2.43. The zero-order chi connectivity index (χ0) is 17.7. The number of nitrogens with zero attached hydrogens (tertiary/aromatic N) is 2. The molecule has 1 aliphatic heterocycles. The molecular formula is C18H26N2O4. The second-order valence-corrected chi connectivity index (χ2v) is 6.99. The SMILES string of the molecule is C[C@@H]1CCN(OC(=O)c2ccccc2)CCN1C(=O)OC(C)(C)C. The summed E-state index contributed by atoms with van der Waals surface area (Å²) in [6, 6.07) is 8.91. The first-order chi connectivity index (χ1) is 11.3. The molecule has 1 aromatic carbocycles. The van der Waals surface area contributed by atoms with Crippen molar-refractivity contribution in [3.05, 3.63) is 35.9 Å². The number of ether oxygens (including phenoxy) is 1. The monoisotopic (exact) mass is 334 g/mol. The van der Waals surface area contributed by atoms with Crippen LogP contribution < -0.4 is 0 Å². The summed E-state index contributed by atoms with van der Waals surface area (Å²) in [5.41, 5.74) is -0.0125. The van der Waals surface area contributed by atoms with Gasteiger partial charge < -0.3 is 14.5 Å². The van der Waals surface area contributed by atoms with Crippen LogP contribution in [-0.2, 0) is 9.57 Å². The molecule has 0 aliphatic carbocycles. The van der Waals surface area contributed by atoms with E-state index in [1.807, 2.05) is 33.8 Å². The first-order valence-corrected chi connectivity index (χ1v) is 8.28. The van der Waals surface area contributed by atoms with Crippen LogP contribution in [0.5, 0.6) is 0 Å². The maximum atomic E-state index is 12.3. The van der Waals surface area contributed by atoms with Crippen LogP contribution in [0, 0.1) is 0 Å². The van der Waals surface area contributed by atoms with Crippen LogP contribution >= 0.6 is 0 Å². The fourth-order valence-corrected chi connectivity index (χ4v) is 2.47. The lowest BCUT2D eigenvalue weighted by atomic mass is 10.2. The van der Waals surface area contributed by atoms with Gasteiger partial charge in [-0.3, -0.25) is 0 Å². The van der Waals surface area contributed by atoms with Gasteiger partial charge in [0.05, 0.1) is 12.1 Å². The Morgan fingerprint density at radius 2 is 1.75 bits per heavy atom. The molecule has 1 fully saturated rings. The van der Waals surface area contributed by atoms with Crippen LogP contribution in [0.25, 0.3) is 0 Å². The Morgan fingerprint density at radius 1 is 1.08 bits per heavy atom. The van der Waals surface area contributed by atoms with Crippen LogP contribution in [0.2, 0.25) is 0 Å². The van der Waals surface area contributed by atoms with Crippen molar-refractivity contribution in [2.45, 2.75) is 45.8 Å². The van der Waals surface area contributed by atoms with Gasteiger partial charge in [-0.15, -0.1) is 5.06 Å². The molecule has 0 unspecified atom stereocenters. The zero-order valence-corrected chi connectivity index (χ0v) is 14.8. The van der Waals surface area contributed by atoms with E-state index in [1.165, 1.54) is 0 Å². The maximum Gasteiger partial charge on any atom is 0.410 e. The Kier molecular flexibility index (Phi) is 5.83. The standard InChI is InChI=1S/C18H26N2O4/c1-14-10-11-19(24-16(21)15-8-6-5-7-9-15)12-13-20(14)17(22)23-18(2,3)4/h5-9,14H,10-13H2,1-4H3/t14-/m1/s1. The predicted octanol–water partition coefficient (Wildman–Crippen LogP) is 3.09. The summed E-state index contributed by atoms with van der Waals surface area (Å²) < 4.78 is 5.45. The largest absolute Gasteiger partial charge is 0.444 e. The van der Waals surface area contributed by atoms with E-state index in [0.717, 1.165) is 0 Å². The van der Waals surface area contributed by atoms with Crippen molar-refractivity contribution in [3.8, 4) is 0 Å². The highest BCUT2D eigenvalue weighted by Crippen LogP contribution is 2.17. The third-order valence-electron chi connectivity index (χ3n) is 3.77. The second-order valence-electron chi connectivity index (χ2n) is 6.99. The number of hydrogen-bond donors (Lipinski definition) is 0. The minimum absolute atomic E-state index is 0.0280. The lowest BCUT2D eigenvalue weighted by Gasteiger charge is -2.30. The molecule has 1 heterocycles. The average molecular weight is 334 g/mol. The predicted molar refractivity (Wildman–Crippen MR) is 90.4 cm³/mol. The van der Waals surface area contributed by atoms with E-state index in [4.69, 9.17) is 9.57 Å². The summed E-state index contributed by atoms with van der Waals surface area (Å²) in [5.74, 6) is -0.381. The van der Waals surface area contributed by atoms with Crippen molar-refractivity contribution in [1.82, 2.24) is 9.96 Å². The number of carbonyl (C=O) groups excluding carboxylic acids is 2. The number of amides is 1. The molecule has 1 atom stereocenters. The molecule has 0 spiro atoms. The average Bonchev–Trinajstić information content (AvgIpc) is 2.68. The van der Waals surface area contributed by atoms with Gasteiger partial charge >= 0.3 is 12.1 Å². The molecule has 1 aromatic rings. The topological polar surface area (TPSA) is 59.1 Å². The number of hydroxylamine groups is 2. The van der Waals surface area contributed by atoms with E-state index >= 15 is 0 Å². The third kappa shape index (κ3) is 5.23. The summed E-state index contributed by atoms with van der Waals surface area (Å²) in [6.45, 7) is 9.02. The molecular weight excluding hydrogens is 308 g/mol. The fraction of sp³-hybridized carbons (Fsp3) is 0.556. The maximum absolute atomic E-state index is 12.3. The Balaban J connectivity index is 1.94. The molecule has 1 aliphatic rings. The Morgan fingerprint density at radius 3 is 2.38 bits per heavy atom. The molecule has 6 heteroatoms. The van der Waals surface area contributed by atoms with Gasteiger partial charge in [0.1, 0.15) is 5.60 Å². The van der Waals surface area contributed by atoms with Gasteiger partial charge in [0.15, 0.2) is 0 Å². The van der Waals surface area contributed by atoms with E-state index in [-0.39, 0.29) is 18.1 Å². The van der Waals surface area contributed by atoms with Crippen LogP contribution in [0.15, 0.2) is 30.3 Å². The summed E-state index contributed by atoms with van der Waals surface area (Å²) in [6.07, 6.45) is 0.382. The van der Waals surface area contributed by atoms with Crippen molar-refractivity contribution < 1.29 is 19.2 Å². The van der Waals surface area contributed by atoms with Crippen LogP contribution in [0.3, 0.4) is 0 Å². The van der Waals surface area contributed by atoms with Gasteiger partial charge in [0.2, 0.25) is 0 Å². The molecule has 0 radical (unpaired) electrons. The smallest absolute Gasteiger partial charge is 0.410 e. The highest BCUT2D eigenvalue weighted by Gasteiger charge is 2.29. The second kappa shape index (κ2) is 7.66. The van der Waals surface area contributed by atoms with Gasteiger partial charge in [-0.25, -0.2) is 9.59 Å². The molecule has 0 saturated carbocycles. The van der Waals surface area contributed by atoms with Crippen LogP contribution in [-0.4, -0.2) is 53.3 Å². The van der Waals surface area contributed by atoms with Crippen molar-refractivity contribution in [2.75, 3.05) is 19.6 Å². The van der Waals surface area contributed by atoms with E-state index in [0.29, 0.717) is 31.6 Å². The highest BCUT2D eigenvalue weighted by molar-refractivity contribution is 5.89. The van der Waals surface area contributed by atoms with Gasteiger partial charge in [-0.05, 0) is 46.2 Å². The van der Waals surface area contributed by atoms with Crippen molar-refractivity contribution in [3.63, 3.8) is 0 Å². The van der Waals surface area contributed by atoms with E-state index in [2.05, 4.69) is 0 Å². The Hall–Kier alpha value is -2.08. The summed E-state index contributed by atoms with van der Waals surface area (Å²) in [7, 11) is 0. The van der Waals surface area contributed by atoms with E-state index < -0.39 is 5.60 Å². The normalized spacial score (nSPS) is 19.5. The molecule has 132 valence electrons. The minimum atomic E-state index is -0.525. The van der Waals surface area contributed by atoms with Crippen molar-refractivity contribution in [1.29, 1.82) is 0 Å². The van der Waals surface area contributed by atoms with Gasteiger partial charge in [-0.1, -0.05) is 18.2 Å². The molecule has 6 nitrogen and oxygen atoms in total. The highest BCUT2D eigenvalue weighted by atomic mass is 16.7. The Bertz CT molecular complexity index is 568. The minimum Gasteiger partial charge on any atom is -0.444 e. The van der Waals surface area contributed by atoms with E-state index in [1.54, 1.807) is 34.2 Å². The van der Waals surface area contributed by atoms with Gasteiger partial charge in [0, 0.05) is 19.1 Å². The van der Waals surface area contributed by atoms with Crippen molar-refractivity contribution >= 4 is 12.1 Å². The number of benzene rings is 1. The molecule has 0 aromatic heterocycles. The van der Waals surface area contributed by atoms with E-state index in [9.17, 15) is 9.59 Å². The first-order valence-electron chi connectivity index (χ1n) is 8.28. The zero-order valence-electron chi connectivity index (χ0n) is 14.8.